The fourth-order valence-electron chi connectivity index (χ4n) is 1.69. The molecule has 0 aliphatic heterocycles. The van der Waals surface area contributed by atoms with E-state index < -0.39 is 73.1 Å². The lowest BCUT2D eigenvalue weighted by Crippen LogP contribution is -2.57. The average molecular weight is 408 g/mol. The number of amides is 3. The van der Waals surface area contributed by atoms with Crippen LogP contribution in [0, 0.1) is 0 Å². The van der Waals surface area contributed by atoms with Crippen molar-refractivity contribution in [3.05, 3.63) is 0 Å². The number of hydrogen-bond donors (Lipinski definition) is 8. The minimum Gasteiger partial charge on any atom is -0.481 e. The molecule has 13 nitrogen and oxygen atoms in total. The third-order valence-electron chi connectivity index (χ3n) is 2.97. The summed E-state index contributed by atoms with van der Waals surface area (Å²) >= 11 is 3.79. The van der Waals surface area contributed by atoms with Crippen LogP contribution in [0.3, 0.4) is 0 Å². The highest BCUT2D eigenvalue weighted by Gasteiger charge is 2.30. The molecule has 0 aliphatic rings. The van der Waals surface area contributed by atoms with Gasteiger partial charge in [-0.05, 0) is 0 Å². The average Bonchev–Trinajstić information content (AvgIpc) is 2.56. The van der Waals surface area contributed by atoms with Gasteiger partial charge in [0, 0.05) is 5.75 Å². The molecule has 27 heavy (non-hydrogen) atoms. The van der Waals surface area contributed by atoms with Gasteiger partial charge in [0.2, 0.25) is 17.7 Å². The second-order valence-electron chi connectivity index (χ2n) is 5.22. The van der Waals surface area contributed by atoms with Crippen molar-refractivity contribution in [2.75, 3.05) is 12.3 Å². The first-order chi connectivity index (χ1) is 12.5. The minimum atomic E-state index is -1.69. The smallest absolute Gasteiger partial charge is 0.322 e. The SMILES string of the molecule is NC(CS)C(=O)NC(CC(=O)O)C(=O)NC(CC(=O)O)C(=O)NCC(=O)O. The molecule has 152 valence electrons. The standard InChI is InChI=1S/C13H20N4O9S/c14-5(4-27)11(24)16-7(2-9(20)21)13(26)17-6(1-8(18)19)12(25)15-3-10(22)23/h5-7,27H,1-4,14H2,(H,15,25)(H,16,24)(H,17,26)(H,18,19)(H,20,21)(H,22,23). The molecular formula is C13H20N4O9S. The summed E-state index contributed by atoms with van der Waals surface area (Å²) < 4.78 is 0. The summed E-state index contributed by atoms with van der Waals surface area (Å²) in [5.41, 5.74) is 5.41. The zero-order chi connectivity index (χ0) is 21.1. The van der Waals surface area contributed by atoms with Crippen molar-refractivity contribution >= 4 is 48.3 Å². The first kappa shape index (κ1) is 24.1. The highest BCUT2D eigenvalue weighted by atomic mass is 32.1. The van der Waals surface area contributed by atoms with Crippen LogP contribution in [0.25, 0.3) is 0 Å². The van der Waals surface area contributed by atoms with E-state index in [9.17, 15) is 28.8 Å². The van der Waals surface area contributed by atoms with E-state index in [4.69, 9.17) is 21.1 Å². The fraction of sp³-hybridized carbons (Fsp3) is 0.538. The van der Waals surface area contributed by atoms with E-state index in [1.165, 1.54) is 0 Å². The van der Waals surface area contributed by atoms with Crippen molar-refractivity contribution in [2.24, 2.45) is 5.73 Å². The number of carboxylic acids is 3. The van der Waals surface area contributed by atoms with Gasteiger partial charge in [0.1, 0.15) is 18.6 Å². The molecule has 0 bridgehead atoms. The van der Waals surface area contributed by atoms with Crippen LogP contribution < -0.4 is 21.7 Å². The summed E-state index contributed by atoms with van der Waals surface area (Å²) in [5, 5.41) is 32.1. The lowest BCUT2D eigenvalue weighted by Gasteiger charge is -2.22. The molecule has 0 aromatic rings. The number of carbonyl (C=O) groups excluding carboxylic acids is 3. The Hall–Kier alpha value is -2.87. The Balaban J connectivity index is 5.24. The van der Waals surface area contributed by atoms with E-state index in [1.807, 2.05) is 10.6 Å². The Morgan fingerprint density at radius 3 is 1.63 bits per heavy atom. The molecule has 3 unspecified atom stereocenters. The van der Waals surface area contributed by atoms with Crippen molar-refractivity contribution in [3.63, 3.8) is 0 Å². The molecule has 0 radical (unpaired) electrons. The van der Waals surface area contributed by atoms with E-state index >= 15 is 0 Å². The second kappa shape index (κ2) is 11.7. The summed E-state index contributed by atoms with van der Waals surface area (Å²) in [4.78, 5) is 68.0. The van der Waals surface area contributed by atoms with Crippen LogP contribution in [0.4, 0.5) is 0 Å². The Morgan fingerprint density at radius 2 is 1.22 bits per heavy atom. The van der Waals surface area contributed by atoms with Crippen LogP contribution in [0.15, 0.2) is 0 Å². The summed E-state index contributed by atoms with van der Waals surface area (Å²) in [5.74, 6) is -7.58. The van der Waals surface area contributed by atoms with Gasteiger partial charge in [0.15, 0.2) is 0 Å². The Kier molecular flexibility index (Phi) is 10.4. The zero-order valence-corrected chi connectivity index (χ0v) is 14.8. The van der Waals surface area contributed by atoms with Gasteiger partial charge >= 0.3 is 17.9 Å². The zero-order valence-electron chi connectivity index (χ0n) is 13.9. The number of carbonyl (C=O) groups is 6. The van der Waals surface area contributed by atoms with Gasteiger partial charge in [-0.1, -0.05) is 0 Å². The predicted octanol–water partition coefficient (Wildman–Crippen LogP) is -3.64. The first-order valence-electron chi connectivity index (χ1n) is 7.38. The first-order valence-corrected chi connectivity index (χ1v) is 8.01. The third-order valence-corrected chi connectivity index (χ3v) is 3.36. The van der Waals surface area contributed by atoms with Gasteiger partial charge in [-0.3, -0.25) is 28.8 Å². The molecule has 0 aromatic heterocycles. The molecule has 3 amide bonds. The topological polar surface area (TPSA) is 225 Å². The molecule has 0 aromatic carbocycles. The van der Waals surface area contributed by atoms with Crippen LogP contribution in [-0.4, -0.2) is 81.4 Å². The van der Waals surface area contributed by atoms with Crippen molar-refractivity contribution < 1.29 is 44.1 Å². The summed E-state index contributed by atoms with van der Waals surface area (Å²) in [6.45, 7) is -0.823. The van der Waals surface area contributed by atoms with Gasteiger partial charge in [-0.2, -0.15) is 12.6 Å². The molecular weight excluding hydrogens is 388 g/mol. The third kappa shape index (κ3) is 10.0. The lowest BCUT2D eigenvalue weighted by atomic mass is 10.1. The molecule has 0 saturated carbocycles. The maximum Gasteiger partial charge on any atom is 0.322 e. The minimum absolute atomic E-state index is 0.0908. The molecule has 0 saturated heterocycles. The van der Waals surface area contributed by atoms with Crippen LogP contribution in [0.1, 0.15) is 12.8 Å². The Morgan fingerprint density at radius 1 is 0.778 bits per heavy atom. The van der Waals surface area contributed by atoms with Gasteiger partial charge in [0.05, 0.1) is 18.9 Å². The number of thiol groups is 1. The highest BCUT2D eigenvalue weighted by molar-refractivity contribution is 7.80. The van der Waals surface area contributed by atoms with Crippen molar-refractivity contribution in [1.29, 1.82) is 0 Å². The van der Waals surface area contributed by atoms with Gasteiger partial charge in [0.25, 0.3) is 0 Å². The fourth-order valence-corrected chi connectivity index (χ4v) is 1.85. The number of nitrogens with two attached hydrogens (primary N) is 1. The number of hydrogen-bond acceptors (Lipinski definition) is 8. The molecule has 0 rings (SSSR count). The van der Waals surface area contributed by atoms with Crippen LogP contribution in [-0.2, 0) is 28.8 Å². The molecule has 0 aliphatic carbocycles. The number of aliphatic carboxylic acids is 3. The number of carboxylic acid groups (broad SMARTS) is 3. The quantitative estimate of drug-likeness (QED) is 0.148. The van der Waals surface area contributed by atoms with Crippen LogP contribution in [0.2, 0.25) is 0 Å². The van der Waals surface area contributed by atoms with E-state index in [2.05, 4.69) is 17.9 Å². The number of rotatable bonds is 12. The molecule has 0 heterocycles. The van der Waals surface area contributed by atoms with Crippen molar-refractivity contribution in [2.45, 2.75) is 31.0 Å². The van der Waals surface area contributed by atoms with E-state index in [1.54, 1.807) is 0 Å². The Bertz CT molecular complexity index is 613. The Labute approximate surface area is 158 Å². The normalized spacial score (nSPS) is 13.6. The summed E-state index contributed by atoms with van der Waals surface area (Å²) in [6.07, 6.45) is -1.77. The molecule has 3 atom stereocenters. The van der Waals surface area contributed by atoms with Crippen LogP contribution in [0.5, 0.6) is 0 Å². The van der Waals surface area contributed by atoms with E-state index in [0.29, 0.717) is 0 Å². The molecule has 14 heteroatoms. The monoisotopic (exact) mass is 408 g/mol. The molecule has 0 fully saturated rings. The van der Waals surface area contributed by atoms with E-state index in [0.717, 1.165) is 0 Å². The highest BCUT2D eigenvalue weighted by Crippen LogP contribution is 2.00. The predicted molar refractivity (Wildman–Crippen MR) is 90.8 cm³/mol. The maximum atomic E-state index is 12.2. The lowest BCUT2D eigenvalue weighted by molar-refractivity contribution is -0.143. The molecule has 0 spiro atoms. The maximum absolute atomic E-state index is 12.2. The van der Waals surface area contributed by atoms with Gasteiger partial charge in [-0.15, -0.1) is 0 Å². The summed E-state index contributed by atoms with van der Waals surface area (Å²) in [7, 11) is 0. The van der Waals surface area contributed by atoms with Crippen LogP contribution >= 0.6 is 12.6 Å². The van der Waals surface area contributed by atoms with Crippen molar-refractivity contribution in [1.82, 2.24) is 16.0 Å². The van der Waals surface area contributed by atoms with Gasteiger partial charge < -0.3 is 37.0 Å². The van der Waals surface area contributed by atoms with E-state index in [-0.39, 0.29) is 5.75 Å². The van der Waals surface area contributed by atoms with Crippen molar-refractivity contribution in [3.8, 4) is 0 Å². The largest absolute Gasteiger partial charge is 0.481 e. The van der Waals surface area contributed by atoms with Gasteiger partial charge in [-0.25, -0.2) is 0 Å². The summed E-state index contributed by atoms with van der Waals surface area (Å²) in [6, 6.07) is -4.48. The second-order valence-corrected chi connectivity index (χ2v) is 5.58. The molecule has 8 N–H and O–H groups in total. The number of nitrogens with one attached hydrogen (secondary N) is 3.